The molecule has 1 aromatic rings. The highest BCUT2D eigenvalue weighted by atomic mass is 16.5. The maximum absolute atomic E-state index is 8.65. The molecule has 0 atom stereocenters. The van der Waals surface area contributed by atoms with Crippen molar-refractivity contribution in [2.75, 3.05) is 7.11 Å². The molecular weight excluding hydrogens is 192 g/mol. The molecule has 0 fully saturated rings. The van der Waals surface area contributed by atoms with E-state index in [-0.39, 0.29) is 5.84 Å². The zero-order valence-electron chi connectivity index (χ0n) is 9.19. The summed E-state index contributed by atoms with van der Waals surface area (Å²) in [6, 6.07) is 5.67. The average Bonchev–Trinajstić information content (AvgIpc) is 2.27. The summed E-state index contributed by atoms with van der Waals surface area (Å²) in [6.07, 6.45) is 0. The van der Waals surface area contributed by atoms with Crippen LogP contribution in [0.25, 0.3) is 0 Å². The highest BCUT2D eigenvalue weighted by molar-refractivity contribution is 5.99. The molecule has 0 bridgehead atoms. The Bertz CT molecular complexity index is 373. The summed E-state index contributed by atoms with van der Waals surface area (Å²) in [5.74, 6) is 1.06. The second-order valence-corrected chi connectivity index (χ2v) is 3.60. The summed E-state index contributed by atoms with van der Waals surface area (Å²) >= 11 is 0. The molecule has 4 nitrogen and oxygen atoms in total. The highest BCUT2D eigenvalue weighted by Crippen LogP contribution is 2.23. The van der Waals surface area contributed by atoms with Crippen molar-refractivity contribution >= 4 is 5.84 Å². The van der Waals surface area contributed by atoms with Crippen molar-refractivity contribution in [3.05, 3.63) is 29.3 Å². The average molecular weight is 208 g/mol. The van der Waals surface area contributed by atoms with E-state index in [1.54, 1.807) is 7.11 Å². The number of amidine groups is 1. The van der Waals surface area contributed by atoms with Crippen molar-refractivity contribution in [1.29, 1.82) is 0 Å². The first-order valence-corrected chi connectivity index (χ1v) is 4.76. The minimum Gasteiger partial charge on any atom is -0.496 e. The Morgan fingerprint density at radius 1 is 1.47 bits per heavy atom. The van der Waals surface area contributed by atoms with Crippen LogP contribution in [0.15, 0.2) is 23.4 Å². The highest BCUT2D eigenvalue weighted by Gasteiger charge is 2.10. The molecule has 1 rings (SSSR count). The standard InChI is InChI=1S/C11H16N2O2/c1-7(2)8-4-5-10(15-3)9(6-8)11(12)13-14/h4-7,14H,1-3H3,(H2,12,13). The minimum absolute atomic E-state index is 0.0642. The molecule has 0 unspecified atom stereocenters. The van der Waals surface area contributed by atoms with Crippen LogP contribution in [0.3, 0.4) is 0 Å². The first kappa shape index (κ1) is 11.4. The van der Waals surface area contributed by atoms with Gasteiger partial charge in [-0.2, -0.15) is 0 Å². The topological polar surface area (TPSA) is 67.8 Å². The molecule has 4 heteroatoms. The molecule has 15 heavy (non-hydrogen) atoms. The van der Waals surface area contributed by atoms with Crippen LogP contribution in [0.5, 0.6) is 5.75 Å². The molecule has 0 amide bonds. The van der Waals surface area contributed by atoms with E-state index in [9.17, 15) is 0 Å². The summed E-state index contributed by atoms with van der Waals surface area (Å²) < 4.78 is 5.13. The summed E-state index contributed by atoms with van der Waals surface area (Å²) in [5.41, 5.74) is 7.30. The third-order valence-corrected chi connectivity index (χ3v) is 2.27. The van der Waals surface area contributed by atoms with Crippen molar-refractivity contribution in [3.8, 4) is 5.75 Å². The second-order valence-electron chi connectivity index (χ2n) is 3.60. The third kappa shape index (κ3) is 2.40. The number of benzene rings is 1. The summed E-state index contributed by atoms with van der Waals surface area (Å²) in [6.45, 7) is 4.16. The lowest BCUT2D eigenvalue weighted by Crippen LogP contribution is -2.15. The van der Waals surface area contributed by atoms with Gasteiger partial charge in [-0.05, 0) is 23.6 Å². The number of hydrogen-bond donors (Lipinski definition) is 2. The lowest BCUT2D eigenvalue weighted by molar-refractivity contribution is 0.318. The van der Waals surface area contributed by atoms with Crippen molar-refractivity contribution in [2.24, 2.45) is 10.9 Å². The van der Waals surface area contributed by atoms with Gasteiger partial charge < -0.3 is 15.7 Å². The number of nitrogens with two attached hydrogens (primary N) is 1. The third-order valence-electron chi connectivity index (χ3n) is 2.27. The van der Waals surface area contributed by atoms with Crippen LogP contribution >= 0.6 is 0 Å². The first-order valence-electron chi connectivity index (χ1n) is 4.76. The Kier molecular flexibility index (Phi) is 3.55. The number of methoxy groups -OCH3 is 1. The van der Waals surface area contributed by atoms with Gasteiger partial charge in [0, 0.05) is 0 Å². The van der Waals surface area contributed by atoms with Crippen molar-refractivity contribution in [2.45, 2.75) is 19.8 Å². The fraction of sp³-hybridized carbons (Fsp3) is 0.364. The van der Waals surface area contributed by atoms with Gasteiger partial charge in [-0.15, -0.1) is 0 Å². The van der Waals surface area contributed by atoms with E-state index < -0.39 is 0 Å². The molecule has 0 saturated carbocycles. The number of nitrogens with zero attached hydrogens (tertiary/aromatic N) is 1. The molecule has 82 valence electrons. The van der Waals surface area contributed by atoms with Crippen LogP contribution in [0.2, 0.25) is 0 Å². The fourth-order valence-corrected chi connectivity index (χ4v) is 1.34. The lowest BCUT2D eigenvalue weighted by Gasteiger charge is -2.11. The van der Waals surface area contributed by atoms with Crippen LogP contribution < -0.4 is 10.5 Å². The van der Waals surface area contributed by atoms with Crippen LogP contribution in [0.4, 0.5) is 0 Å². The van der Waals surface area contributed by atoms with Gasteiger partial charge in [0.2, 0.25) is 0 Å². The van der Waals surface area contributed by atoms with Gasteiger partial charge in [0.15, 0.2) is 5.84 Å². The normalized spacial score (nSPS) is 11.9. The van der Waals surface area contributed by atoms with Crippen LogP contribution in [0, 0.1) is 0 Å². The molecule has 0 saturated heterocycles. The van der Waals surface area contributed by atoms with Gasteiger partial charge >= 0.3 is 0 Å². The van der Waals surface area contributed by atoms with E-state index >= 15 is 0 Å². The Morgan fingerprint density at radius 2 is 2.13 bits per heavy atom. The summed E-state index contributed by atoms with van der Waals surface area (Å²) in [4.78, 5) is 0. The van der Waals surface area contributed by atoms with Crippen LogP contribution in [0.1, 0.15) is 30.9 Å². The number of rotatable bonds is 3. The zero-order valence-corrected chi connectivity index (χ0v) is 9.19. The molecule has 0 aliphatic heterocycles. The molecule has 0 spiro atoms. The zero-order chi connectivity index (χ0) is 11.4. The van der Waals surface area contributed by atoms with E-state index in [0.29, 0.717) is 17.2 Å². The largest absolute Gasteiger partial charge is 0.496 e. The van der Waals surface area contributed by atoms with Crippen LogP contribution in [-0.4, -0.2) is 18.2 Å². The van der Waals surface area contributed by atoms with Crippen molar-refractivity contribution in [1.82, 2.24) is 0 Å². The fourth-order valence-electron chi connectivity index (χ4n) is 1.34. The minimum atomic E-state index is 0.0642. The maximum Gasteiger partial charge on any atom is 0.173 e. The lowest BCUT2D eigenvalue weighted by atomic mass is 10.00. The summed E-state index contributed by atoms with van der Waals surface area (Å²) in [7, 11) is 1.55. The number of ether oxygens (including phenoxy) is 1. The van der Waals surface area contributed by atoms with Crippen molar-refractivity contribution in [3.63, 3.8) is 0 Å². The molecule has 0 aromatic heterocycles. The van der Waals surface area contributed by atoms with E-state index in [1.165, 1.54) is 0 Å². The smallest absolute Gasteiger partial charge is 0.173 e. The number of hydrogen-bond acceptors (Lipinski definition) is 3. The van der Waals surface area contributed by atoms with Gasteiger partial charge in [-0.25, -0.2) is 0 Å². The molecule has 0 heterocycles. The van der Waals surface area contributed by atoms with E-state index in [0.717, 1.165) is 5.56 Å². The van der Waals surface area contributed by atoms with E-state index in [2.05, 4.69) is 19.0 Å². The Balaban J connectivity index is 3.25. The molecule has 0 aliphatic carbocycles. The number of oxime groups is 1. The molecule has 3 N–H and O–H groups in total. The van der Waals surface area contributed by atoms with E-state index in [1.807, 2.05) is 18.2 Å². The van der Waals surface area contributed by atoms with Gasteiger partial charge in [-0.1, -0.05) is 25.1 Å². The van der Waals surface area contributed by atoms with Gasteiger partial charge in [-0.3, -0.25) is 0 Å². The van der Waals surface area contributed by atoms with Gasteiger partial charge in [0.25, 0.3) is 0 Å². The Hall–Kier alpha value is -1.71. The predicted octanol–water partition coefficient (Wildman–Crippen LogP) is 1.91. The van der Waals surface area contributed by atoms with Crippen molar-refractivity contribution < 1.29 is 9.94 Å². The van der Waals surface area contributed by atoms with E-state index in [4.69, 9.17) is 15.7 Å². The Morgan fingerprint density at radius 3 is 2.60 bits per heavy atom. The van der Waals surface area contributed by atoms with Gasteiger partial charge in [0.1, 0.15) is 5.75 Å². The molecular formula is C11H16N2O2. The SMILES string of the molecule is COc1ccc(C(C)C)cc1/C(N)=N/O. The summed E-state index contributed by atoms with van der Waals surface area (Å²) in [5, 5.41) is 11.6. The van der Waals surface area contributed by atoms with Gasteiger partial charge in [0.05, 0.1) is 12.7 Å². The quantitative estimate of drug-likeness (QED) is 0.345. The second kappa shape index (κ2) is 4.68. The molecule has 0 aliphatic rings. The predicted molar refractivity (Wildman–Crippen MR) is 59.6 cm³/mol. The maximum atomic E-state index is 8.65. The van der Waals surface area contributed by atoms with Crippen LogP contribution in [-0.2, 0) is 0 Å². The monoisotopic (exact) mass is 208 g/mol. The first-order chi connectivity index (χ1) is 7.10. The Labute approximate surface area is 89.4 Å². The molecule has 0 radical (unpaired) electrons. The molecule has 1 aromatic carbocycles.